The van der Waals surface area contributed by atoms with Crippen LogP contribution in [0.3, 0.4) is 0 Å². The number of aromatic nitrogens is 5. The average molecular weight is 671 g/mol. The van der Waals surface area contributed by atoms with Gasteiger partial charge in [0.05, 0.1) is 42.1 Å². The van der Waals surface area contributed by atoms with Crippen molar-refractivity contribution in [2.45, 2.75) is 49.4 Å². The average Bonchev–Trinajstić information content (AvgIpc) is 3.74. The monoisotopic (exact) mass is 670 g/mol. The Morgan fingerprint density at radius 1 is 1.18 bits per heavy atom. The van der Waals surface area contributed by atoms with Crippen molar-refractivity contribution in [3.63, 3.8) is 0 Å². The summed E-state index contributed by atoms with van der Waals surface area (Å²) in [4.78, 5) is 20.8. The van der Waals surface area contributed by atoms with Crippen molar-refractivity contribution in [3.05, 3.63) is 81.7 Å². The van der Waals surface area contributed by atoms with Gasteiger partial charge in [0.2, 0.25) is 5.78 Å². The Bertz CT molecular complexity index is 1900. The van der Waals surface area contributed by atoms with E-state index in [0.717, 1.165) is 0 Å². The zero-order chi connectivity index (χ0) is 32.3. The van der Waals surface area contributed by atoms with Gasteiger partial charge in [0.25, 0.3) is 16.4 Å². The maximum absolute atomic E-state index is 14.3. The fourth-order valence-electron chi connectivity index (χ4n) is 6.05. The molecule has 0 aliphatic heterocycles. The normalized spacial score (nSPS) is 20.3. The van der Waals surface area contributed by atoms with Gasteiger partial charge in [-0.2, -0.15) is 22.6 Å². The van der Waals surface area contributed by atoms with E-state index < -0.39 is 67.1 Å². The van der Waals surface area contributed by atoms with Crippen LogP contribution in [0.5, 0.6) is 0 Å². The van der Waals surface area contributed by atoms with E-state index in [9.17, 15) is 39.6 Å². The van der Waals surface area contributed by atoms with Gasteiger partial charge in [0.15, 0.2) is 10.0 Å². The Hall–Kier alpha value is -3.83. The number of fused-ring (bicyclic) bond motifs is 2. The molecule has 0 radical (unpaired) electrons. The van der Waals surface area contributed by atoms with Crippen LogP contribution in [0.4, 0.5) is 26.3 Å². The molecule has 17 heteroatoms. The van der Waals surface area contributed by atoms with Crippen LogP contribution < -0.4 is 0 Å². The Morgan fingerprint density at radius 2 is 1.91 bits per heavy atom. The third-order valence-corrected chi connectivity index (χ3v) is 10.9. The topological polar surface area (TPSA) is 103 Å². The molecule has 0 saturated heterocycles. The van der Waals surface area contributed by atoms with Crippen LogP contribution in [0.1, 0.15) is 45.2 Å². The lowest BCUT2D eigenvalue weighted by molar-refractivity contribution is -0.134. The first-order valence-corrected chi connectivity index (χ1v) is 15.8. The predicted octanol–water partition coefficient (Wildman–Crippen LogP) is 5.54. The SMILES string of the molecule is Cn1cnc(S(=O)(=O)N(CC(F)F)[C@H]2CCC3=Cc4c(cnn4-c4ccc(F)cc4)C[C@]3(C(=O)c3ncc(C(F)(F)F)s3)C2)c1. The molecule has 4 aromatic rings. The van der Waals surface area contributed by atoms with E-state index in [-0.39, 0.29) is 37.0 Å². The third-order valence-electron chi connectivity index (χ3n) is 8.10. The molecule has 0 N–H and O–H groups in total. The van der Waals surface area contributed by atoms with E-state index in [0.29, 0.717) is 33.0 Å². The standard InChI is InChI=1S/C28H24F6N6O3S2/c1-38-14-24(36-15-38)45(42,43)39(13-23(30)31)20-5-2-17-8-21-16(11-37-40(21)19-6-3-18(29)4-7-19)9-27(17,10-20)25(41)26-35-12-22(44-26)28(32,33)34/h3-4,6-8,11-12,14-15,20,23H,2,5,9-10,13H2,1H3/t20-,27-/m0/s1. The molecule has 6 rings (SSSR count). The summed E-state index contributed by atoms with van der Waals surface area (Å²) in [6.45, 7) is -1.17. The number of sulfonamides is 1. The van der Waals surface area contributed by atoms with Crippen molar-refractivity contribution in [1.29, 1.82) is 0 Å². The number of allylic oxidation sites excluding steroid dienone is 1. The molecule has 0 spiro atoms. The third kappa shape index (κ3) is 5.61. The van der Waals surface area contributed by atoms with Gasteiger partial charge in [-0.15, -0.1) is 11.3 Å². The fraction of sp³-hybridized carbons (Fsp3) is 0.357. The van der Waals surface area contributed by atoms with Gasteiger partial charge >= 0.3 is 6.18 Å². The second-order valence-corrected chi connectivity index (χ2v) is 13.8. The molecule has 1 fully saturated rings. The molecule has 0 unspecified atom stereocenters. The minimum absolute atomic E-state index is 0.0470. The molecule has 0 bridgehead atoms. The number of halogens is 6. The number of ketones is 1. The number of alkyl halides is 5. The molecule has 0 amide bonds. The van der Waals surface area contributed by atoms with Crippen LogP contribution in [0.2, 0.25) is 0 Å². The Kier molecular flexibility index (Phi) is 7.76. The van der Waals surface area contributed by atoms with Crippen molar-refractivity contribution in [2.75, 3.05) is 6.54 Å². The molecule has 45 heavy (non-hydrogen) atoms. The zero-order valence-corrected chi connectivity index (χ0v) is 25.0. The summed E-state index contributed by atoms with van der Waals surface area (Å²) in [6, 6.07) is 4.38. The predicted molar refractivity (Wildman–Crippen MR) is 150 cm³/mol. The highest BCUT2D eigenvalue weighted by Crippen LogP contribution is 2.52. The van der Waals surface area contributed by atoms with Crippen LogP contribution in [0, 0.1) is 11.2 Å². The van der Waals surface area contributed by atoms with Gasteiger partial charge in [0, 0.05) is 19.3 Å². The number of imidazole rings is 1. The van der Waals surface area contributed by atoms with E-state index in [1.54, 1.807) is 6.08 Å². The first-order valence-electron chi connectivity index (χ1n) is 13.6. The quantitative estimate of drug-likeness (QED) is 0.180. The highest BCUT2D eigenvalue weighted by Gasteiger charge is 2.53. The number of Topliss-reactive ketones (excluding diaryl/α,β-unsaturated/α-hetero) is 1. The van der Waals surface area contributed by atoms with Crippen LogP contribution in [0.25, 0.3) is 11.8 Å². The number of rotatable bonds is 8. The largest absolute Gasteiger partial charge is 0.427 e. The summed E-state index contributed by atoms with van der Waals surface area (Å²) in [5.41, 5.74) is 0.460. The lowest BCUT2D eigenvalue weighted by Crippen LogP contribution is -2.51. The van der Waals surface area contributed by atoms with Gasteiger partial charge in [-0.25, -0.2) is 36.2 Å². The molecule has 2 aliphatic carbocycles. The van der Waals surface area contributed by atoms with E-state index >= 15 is 0 Å². The lowest BCUT2D eigenvalue weighted by Gasteiger charge is -2.46. The second kappa shape index (κ2) is 11.2. The summed E-state index contributed by atoms with van der Waals surface area (Å²) in [5, 5.41) is 3.51. The minimum atomic E-state index is -4.75. The number of hydrogen-bond acceptors (Lipinski definition) is 7. The van der Waals surface area contributed by atoms with Gasteiger partial charge in [-0.3, -0.25) is 4.79 Å². The number of carbonyl (C=O) groups is 1. The van der Waals surface area contributed by atoms with Gasteiger partial charge < -0.3 is 4.57 Å². The Labute approximate surface area is 256 Å². The highest BCUT2D eigenvalue weighted by molar-refractivity contribution is 7.89. The minimum Gasteiger partial charge on any atom is -0.339 e. The number of hydrogen-bond donors (Lipinski definition) is 0. The van der Waals surface area contributed by atoms with Crippen molar-refractivity contribution < 1.29 is 39.6 Å². The number of benzene rings is 1. The molecular weight excluding hydrogens is 646 g/mol. The summed E-state index contributed by atoms with van der Waals surface area (Å²) >= 11 is 0.168. The van der Waals surface area contributed by atoms with Crippen LogP contribution >= 0.6 is 11.3 Å². The van der Waals surface area contributed by atoms with E-state index in [1.807, 2.05) is 0 Å². The number of thiazole rings is 1. The summed E-state index contributed by atoms with van der Waals surface area (Å²) in [7, 11) is -3.04. The number of aryl methyl sites for hydroxylation is 1. The summed E-state index contributed by atoms with van der Waals surface area (Å²) in [5.74, 6) is -1.23. The van der Waals surface area contributed by atoms with Crippen LogP contribution in [-0.4, -0.2) is 61.8 Å². The molecule has 1 saturated carbocycles. The highest BCUT2D eigenvalue weighted by atomic mass is 32.2. The van der Waals surface area contributed by atoms with Crippen LogP contribution in [0.15, 0.2) is 59.8 Å². The van der Waals surface area contributed by atoms with Crippen LogP contribution in [-0.2, 0) is 29.7 Å². The second-order valence-electron chi connectivity index (χ2n) is 11.0. The van der Waals surface area contributed by atoms with E-state index in [2.05, 4.69) is 15.1 Å². The zero-order valence-electron chi connectivity index (χ0n) is 23.4. The number of nitrogens with zero attached hydrogens (tertiary/aromatic N) is 6. The van der Waals surface area contributed by atoms with E-state index in [1.165, 1.54) is 59.3 Å². The Morgan fingerprint density at radius 3 is 2.53 bits per heavy atom. The fourth-order valence-corrected chi connectivity index (χ4v) is 8.48. The molecular formula is C28H24F6N6O3S2. The molecule has 2 atom stereocenters. The van der Waals surface area contributed by atoms with Crippen molar-refractivity contribution in [1.82, 2.24) is 28.6 Å². The molecule has 2 aliphatic rings. The summed E-state index contributed by atoms with van der Waals surface area (Å²) < 4.78 is 113. The maximum Gasteiger partial charge on any atom is 0.427 e. The lowest BCUT2D eigenvalue weighted by atomic mass is 9.61. The van der Waals surface area contributed by atoms with Gasteiger partial charge in [0.1, 0.15) is 10.7 Å². The van der Waals surface area contributed by atoms with Crippen molar-refractivity contribution in [3.8, 4) is 5.69 Å². The smallest absolute Gasteiger partial charge is 0.339 e. The maximum atomic E-state index is 14.3. The van der Waals surface area contributed by atoms with Crippen molar-refractivity contribution >= 4 is 33.2 Å². The Balaban J connectivity index is 1.45. The summed E-state index contributed by atoms with van der Waals surface area (Å²) in [6.07, 6.45) is -2.00. The molecule has 3 heterocycles. The van der Waals surface area contributed by atoms with Gasteiger partial charge in [-0.05, 0) is 61.6 Å². The van der Waals surface area contributed by atoms with E-state index in [4.69, 9.17) is 0 Å². The number of carbonyl (C=O) groups excluding carboxylic acids is 1. The van der Waals surface area contributed by atoms with Gasteiger partial charge in [-0.1, -0.05) is 5.57 Å². The first-order chi connectivity index (χ1) is 21.2. The molecule has 3 aromatic heterocycles. The molecule has 1 aromatic carbocycles. The first kappa shape index (κ1) is 31.2. The van der Waals surface area contributed by atoms with Crippen molar-refractivity contribution in [2.24, 2.45) is 12.5 Å². The molecule has 238 valence electrons. The molecule has 9 nitrogen and oxygen atoms in total.